The van der Waals surface area contributed by atoms with Gasteiger partial charge in [-0.05, 0) is 119 Å². The molecule has 43 heavy (non-hydrogen) atoms. The van der Waals surface area contributed by atoms with Crippen molar-refractivity contribution in [3.63, 3.8) is 0 Å². The van der Waals surface area contributed by atoms with Gasteiger partial charge in [0.1, 0.15) is 5.78 Å². The van der Waals surface area contributed by atoms with Crippen molar-refractivity contribution < 1.29 is 14.7 Å². The lowest BCUT2D eigenvalue weighted by molar-refractivity contribution is -0.229. The SMILES string of the molecule is CC(C)C1=C2C(CC1=O)[C@@H](C(=O)CNCc1ccc(Cl)cc1)C[C@]1(C)[C@@H]2CC[C@@H]2[C@@]3(C)CC[C@H](O)C(C)(C)[C@@H]3CC[C@]21C. The number of fused-ring (bicyclic) bond motifs is 7. The van der Waals surface area contributed by atoms with Gasteiger partial charge >= 0.3 is 0 Å². The van der Waals surface area contributed by atoms with Crippen LogP contribution in [0.1, 0.15) is 105 Å². The van der Waals surface area contributed by atoms with E-state index in [1.807, 2.05) is 24.3 Å². The lowest BCUT2D eigenvalue weighted by Gasteiger charge is -2.72. The van der Waals surface area contributed by atoms with Crippen molar-refractivity contribution in [2.75, 3.05) is 6.54 Å². The summed E-state index contributed by atoms with van der Waals surface area (Å²) in [6.45, 7) is 17.5. The van der Waals surface area contributed by atoms with Crippen molar-refractivity contribution in [3.8, 4) is 0 Å². The number of rotatable bonds is 6. The highest BCUT2D eigenvalue weighted by atomic mass is 35.5. The van der Waals surface area contributed by atoms with Gasteiger partial charge in [0.25, 0.3) is 0 Å². The third-order valence-corrected chi connectivity index (χ3v) is 14.6. The predicted octanol–water partition coefficient (Wildman–Crippen LogP) is 8.20. The Morgan fingerprint density at radius 2 is 1.67 bits per heavy atom. The van der Waals surface area contributed by atoms with Crippen LogP contribution in [0.5, 0.6) is 0 Å². The number of aliphatic hydroxyl groups is 1. The van der Waals surface area contributed by atoms with Crippen LogP contribution in [0.2, 0.25) is 5.02 Å². The second-order valence-corrected chi connectivity index (χ2v) is 17.2. The van der Waals surface area contributed by atoms with Crippen LogP contribution in [-0.2, 0) is 16.1 Å². The van der Waals surface area contributed by atoms with Gasteiger partial charge < -0.3 is 10.4 Å². The molecule has 9 atom stereocenters. The lowest BCUT2D eigenvalue weighted by Crippen LogP contribution is -2.66. The molecule has 5 aliphatic carbocycles. The van der Waals surface area contributed by atoms with E-state index in [0.29, 0.717) is 42.3 Å². The molecule has 6 rings (SSSR count). The van der Waals surface area contributed by atoms with E-state index in [1.165, 1.54) is 12.0 Å². The highest BCUT2D eigenvalue weighted by molar-refractivity contribution is 6.30. The highest BCUT2D eigenvalue weighted by Gasteiger charge is 2.69. The summed E-state index contributed by atoms with van der Waals surface area (Å²) in [7, 11) is 0. The fourth-order valence-corrected chi connectivity index (χ4v) is 12.2. The number of carbonyl (C=O) groups excluding carboxylic acids is 2. The number of hydrogen-bond acceptors (Lipinski definition) is 4. The van der Waals surface area contributed by atoms with Gasteiger partial charge in [0, 0.05) is 23.9 Å². The number of Topliss-reactive ketones (excluding diaryl/α,β-unsaturated/α-hetero) is 2. The number of allylic oxidation sites excluding steroid dienone is 2. The Morgan fingerprint density at radius 1 is 0.977 bits per heavy atom. The first kappa shape index (κ1) is 31.5. The van der Waals surface area contributed by atoms with E-state index in [9.17, 15) is 14.7 Å². The van der Waals surface area contributed by atoms with E-state index < -0.39 is 0 Å². The molecule has 0 bridgehead atoms. The van der Waals surface area contributed by atoms with Crippen LogP contribution in [0.15, 0.2) is 35.4 Å². The van der Waals surface area contributed by atoms with Crippen LogP contribution in [-0.4, -0.2) is 29.3 Å². The summed E-state index contributed by atoms with van der Waals surface area (Å²) in [6, 6.07) is 7.78. The average molecular weight is 608 g/mol. The number of hydrogen-bond donors (Lipinski definition) is 2. The Bertz CT molecular complexity index is 1310. The molecule has 1 aromatic carbocycles. The molecule has 236 valence electrons. The highest BCUT2D eigenvalue weighted by Crippen LogP contribution is 2.76. The lowest BCUT2D eigenvalue weighted by atomic mass is 9.33. The maximum absolute atomic E-state index is 14.2. The Hall–Kier alpha value is -1.49. The molecule has 4 fully saturated rings. The molecule has 0 saturated heterocycles. The minimum absolute atomic E-state index is 0.0444. The monoisotopic (exact) mass is 607 g/mol. The molecule has 1 aromatic rings. The number of benzene rings is 1. The fraction of sp³-hybridized carbons (Fsp3) is 0.737. The van der Waals surface area contributed by atoms with Crippen molar-refractivity contribution in [2.24, 2.45) is 57.2 Å². The summed E-state index contributed by atoms with van der Waals surface area (Å²) in [5, 5.41) is 15.2. The van der Waals surface area contributed by atoms with Gasteiger partial charge in [-0.25, -0.2) is 0 Å². The Balaban J connectivity index is 1.35. The molecule has 0 heterocycles. The van der Waals surface area contributed by atoms with Crippen molar-refractivity contribution in [1.82, 2.24) is 5.32 Å². The molecule has 0 radical (unpaired) electrons. The minimum Gasteiger partial charge on any atom is -0.393 e. The van der Waals surface area contributed by atoms with Gasteiger partial charge in [0.2, 0.25) is 0 Å². The smallest absolute Gasteiger partial charge is 0.159 e. The van der Waals surface area contributed by atoms with Crippen LogP contribution in [0, 0.1) is 57.2 Å². The van der Waals surface area contributed by atoms with E-state index in [2.05, 4.69) is 53.8 Å². The molecule has 0 amide bonds. The third-order valence-electron chi connectivity index (χ3n) is 14.3. The summed E-state index contributed by atoms with van der Waals surface area (Å²) < 4.78 is 0. The molecule has 2 N–H and O–H groups in total. The molecule has 5 aliphatic rings. The van der Waals surface area contributed by atoms with E-state index in [1.54, 1.807) is 0 Å². The number of aliphatic hydroxyl groups excluding tert-OH is 1. The average Bonchev–Trinajstić information content (AvgIpc) is 3.29. The van der Waals surface area contributed by atoms with Gasteiger partial charge in [0.15, 0.2) is 5.78 Å². The standard InChI is InChI=1S/C38H54ClNO3/c1-22(2)33-28(41)18-25-26(29(42)21-40-20-23-8-10-24(39)11-9-23)19-38(7)27(34(25)33)12-13-31-36(5)16-15-32(43)35(3,4)30(36)14-17-37(31,38)6/h8-11,22,25-27,30-32,40,43H,12-21H2,1-7H3/t25?,26-,27+,30-,31+,32-,36-,37+,38+/m0/s1. The van der Waals surface area contributed by atoms with Gasteiger partial charge in [-0.3, -0.25) is 9.59 Å². The molecule has 4 saturated carbocycles. The largest absolute Gasteiger partial charge is 0.393 e. The number of ketones is 2. The Morgan fingerprint density at radius 3 is 2.35 bits per heavy atom. The fourth-order valence-electron chi connectivity index (χ4n) is 12.0. The van der Waals surface area contributed by atoms with Crippen LogP contribution in [0.25, 0.3) is 0 Å². The summed E-state index contributed by atoms with van der Waals surface area (Å²) in [4.78, 5) is 27.9. The maximum atomic E-state index is 14.2. The topological polar surface area (TPSA) is 66.4 Å². The zero-order valence-electron chi connectivity index (χ0n) is 27.6. The summed E-state index contributed by atoms with van der Waals surface area (Å²) in [6.07, 6.45) is 7.70. The predicted molar refractivity (Wildman–Crippen MR) is 174 cm³/mol. The van der Waals surface area contributed by atoms with Crippen molar-refractivity contribution in [3.05, 3.63) is 46.0 Å². The van der Waals surface area contributed by atoms with Crippen molar-refractivity contribution in [2.45, 2.75) is 112 Å². The van der Waals surface area contributed by atoms with Crippen LogP contribution in [0.4, 0.5) is 0 Å². The number of nitrogens with one attached hydrogen (secondary N) is 1. The van der Waals surface area contributed by atoms with Crippen LogP contribution in [0.3, 0.4) is 0 Å². The van der Waals surface area contributed by atoms with Gasteiger partial charge in [-0.2, -0.15) is 0 Å². The summed E-state index contributed by atoms with van der Waals surface area (Å²) in [5.41, 5.74) is 3.68. The second kappa shape index (κ2) is 10.8. The molecule has 0 aromatic heterocycles. The van der Waals surface area contributed by atoms with E-state index in [4.69, 9.17) is 11.6 Å². The zero-order valence-corrected chi connectivity index (χ0v) is 28.3. The number of carbonyl (C=O) groups is 2. The van der Waals surface area contributed by atoms with Gasteiger partial charge in [0.05, 0.1) is 12.6 Å². The van der Waals surface area contributed by atoms with Gasteiger partial charge in [-0.1, -0.05) is 77.8 Å². The maximum Gasteiger partial charge on any atom is 0.159 e. The van der Waals surface area contributed by atoms with Crippen LogP contribution < -0.4 is 5.32 Å². The molecule has 4 nitrogen and oxygen atoms in total. The minimum atomic E-state index is -0.233. The van der Waals surface area contributed by atoms with E-state index in [0.717, 1.165) is 49.7 Å². The molecule has 1 unspecified atom stereocenters. The van der Waals surface area contributed by atoms with Crippen LogP contribution >= 0.6 is 11.6 Å². The Kier molecular flexibility index (Phi) is 7.91. The first-order chi connectivity index (χ1) is 20.1. The first-order valence-electron chi connectivity index (χ1n) is 17.1. The second-order valence-electron chi connectivity index (χ2n) is 16.8. The van der Waals surface area contributed by atoms with Crippen molar-refractivity contribution in [1.29, 1.82) is 0 Å². The summed E-state index contributed by atoms with van der Waals surface area (Å²) >= 11 is 6.07. The van der Waals surface area contributed by atoms with E-state index in [-0.39, 0.29) is 57.1 Å². The molecular weight excluding hydrogens is 554 g/mol. The normalized spacial score (nSPS) is 41.9. The summed E-state index contributed by atoms with van der Waals surface area (Å²) in [5.74, 6) is 2.11. The Labute approximate surface area is 264 Å². The molecule has 5 heteroatoms. The van der Waals surface area contributed by atoms with Gasteiger partial charge in [-0.15, -0.1) is 0 Å². The molecule has 0 spiro atoms. The number of halogens is 1. The molecule has 0 aliphatic heterocycles. The zero-order chi connectivity index (χ0) is 31.1. The quantitative estimate of drug-likeness (QED) is 0.342. The van der Waals surface area contributed by atoms with E-state index >= 15 is 0 Å². The first-order valence-corrected chi connectivity index (χ1v) is 17.5. The van der Waals surface area contributed by atoms with Crippen molar-refractivity contribution >= 4 is 23.2 Å². The third kappa shape index (κ3) is 4.66. The molecular formula is C38H54ClNO3.